The predicted octanol–water partition coefficient (Wildman–Crippen LogP) is 5.13. The standard InChI is InChI=1S/C23H20N2O3S/c1-14(2)15-7-9-16(10-8-15)22-24-17(13-29-22)12-28-23(27)20-11-21(26)18-5-3-4-6-19(18)25-20/h3-11,13-14H,12H2,1-2H3,(H,25,26). The van der Waals surface area contributed by atoms with Gasteiger partial charge in [-0.05, 0) is 23.6 Å². The minimum Gasteiger partial charge on any atom is -0.454 e. The summed E-state index contributed by atoms with van der Waals surface area (Å²) in [5.41, 5.74) is 3.52. The largest absolute Gasteiger partial charge is 0.454 e. The van der Waals surface area contributed by atoms with E-state index in [4.69, 9.17) is 4.74 Å². The number of hydrogen-bond donors (Lipinski definition) is 1. The number of esters is 1. The Bertz CT molecular complexity index is 1220. The van der Waals surface area contributed by atoms with E-state index in [9.17, 15) is 9.59 Å². The average Bonchev–Trinajstić information content (AvgIpc) is 3.21. The Labute approximate surface area is 172 Å². The maximum atomic E-state index is 12.4. The zero-order chi connectivity index (χ0) is 20.4. The number of pyridine rings is 1. The van der Waals surface area contributed by atoms with Crippen molar-refractivity contribution in [2.24, 2.45) is 0 Å². The molecule has 0 bridgehead atoms. The number of aromatic nitrogens is 2. The Kier molecular flexibility index (Phi) is 5.27. The van der Waals surface area contributed by atoms with Gasteiger partial charge >= 0.3 is 5.97 Å². The average molecular weight is 404 g/mol. The van der Waals surface area contributed by atoms with E-state index < -0.39 is 5.97 Å². The van der Waals surface area contributed by atoms with E-state index in [-0.39, 0.29) is 17.7 Å². The minimum atomic E-state index is -0.580. The van der Waals surface area contributed by atoms with Crippen LogP contribution in [0.4, 0.5) is 0 Å². The van der Waals surface area contributed by atoms with Gasteiger partial charge in [-0.15, -0.1) is 11.3 Å². The van der Waals surface area contributed by atoms with Crippen LogP contribution in [0.2, 0.25) is 0 Å². The number of aromatic amines is 1. The summed E-state index contributed by atoms with van der Waals surface area (Å²) in [6.45, 7) is 4.37. The van der Waals surface area contributed by atoms with Gasteiger partial charge in [0.25, 0.3) is 0 Å². The molecule has 0 aliphatic heterocycles. The smallest absolute Gasteiger partial charge is 0.355 e. The van der Waals surface area contributed by atoms with Gasteiger partial charge in [-0.2, -0.15) is 0 Å². The van der Waals surface area contributed by atoms with E-state index in [2.05, 4.69) is 48.1 Å². The van der Waals surface area contributed by atoms with Crippen LogP contribution in [0.25, 0.3) is 21.5 Å². The highest BCUT2D eigenvalue weighted by Crippen LogP contribution is 2.26. The first-order chi connectivity index (χ1) is 14.0. The van der Waals surface area contributed by atoms with Gasteiger partial charge < -0.3 is 9.72 Å². The number of ether oxygens (including phenoxy) is 1. The third-order valence-electron chi connectivity index (χ3n) is 4.68. The van der Waals surface area contributed by atoms with Crippen molar-refractivity contribution in [1.29, 1.82) is 0 Å². The monoisotopic (exact) mass is 404 g/mol. The van der Waals surface area contributed by atoms with Gasteiger partial charge in [0.05, 0.1) is 5.69 Å². The summed E-state index contributed by atoms with van der Waals surface area (Å²) in [5, 5.41) is 3.30. The van der Waals surface area contributed by atoms with Crippen molar-refractivity contribution in [2.45, 2.75) is 26.4 Å². The summed E-state index contributed by atoms with van der Waals surface area (Å²) < 4.78 is 5.35. The molecule has 0 aliphatic carbocycles. The molecule has 1 N–H and O–H groups in total. The third kappa shape index (κ3) is 4.12. The van der Waals surface area contributed by atoms with Crippen LogP contribution < -0.4 is 5.43 Å². The molecule has 6 heteroatoms. The second-order valence-electron chi connectivity index (χ2n) is 7.09. The summed E-state index contributed by atoms with van der Waals surface area (Å²) in [4.78, 5) is 32.1. The van der Waals surface area contributed by atoms with E-state index in [0.29, 0.717) is 22.5 Å². The topological polar surface area (TPSA) is 72.0 Å². The van der Waals surface area contributed by atoms with E-state index in [1.54, 1.807) is 24.3 Å². The highest BCUT2D eigenvalue weighted by atomic mass is 32.1. The lowest BCUT2D eigenvalue weighted by Crippen LogP contribution is -2.12. The molecule has 0 spiro atoms. The van der Waals surface area contributed by atoms with Gasteiger partial charge in [0.2, 0.25) is 0 Å². The second kappa shape index (κ2) is 8.01. The number of fused-ring (bicyclic) bond motifs is 1. The molecule has 2 aromatic heterocycles. The molecule has 5 nitrogen and oxygen atoms in total. The highest BCUT2D eigenvalue weighted by molar-refractivity contribution is 7.13. The summed E-state index contributed by atoms with van der Waals surface area (Å²) in [6, 6.07) is 16.7. The first-order valence-electron chi connectivity index (χ1n) is 9.35. The van der Waals surface area contributed by atoms with Gasteiger partial charge in [-0.3, -0.25) is 4.79 Å². The number of H-pyrrole nitrogens is 1. The van der Waals surface area contributed by atoms with Crippen LogP contribution in [0.5, 0.6) is 0 Å². The van der Waals surface area contributed by atoms with Gasteiger partial charge in [0.15, 0.2) is 5.43 Å². The highest BCUT2D eigenvalue weighted by Gasteiger charge is 2.13. The molecule has 0 atom stereocenters. The maximum Gasteiger partial charge on any atom is 0.355 e. The lowest BCUT2D eigenvalue weighted by atomic mass is 10.0. The number of thiazole rings is 1. The normalized spacial score (nSPS) is 11.1. The number of carbonyl (C=O) groups excluding carboxylic acids is 1. The first kappa shape index (κ1) is 19.1. The van der Waals surface area contributed by atoms with Crippen LogP contribution in [-0.2, 0) is 11.3 Å². The molecule has 29 heavy (non-hydrogen) atoms. The SMILES string of the molecule is CC(C)c1ccc(-c2nc(COC(=O)c3cc(=O)c4ccccc4[nH]3)cs2)cc1. The minimum absolute atomic E-state index is 0.0499. The fourth-order valence-electron chi connectivity index (χ4n) is 3.04. The number of nitrogens with one attached hydrogen (secondary N) is 1. The first-order valence-corrected chi connectivity index (χ1v) is 10.2. The summed E-state index contributed by atoms with van der Waals surface area (Å²) >= 11 is 1.51. The van der Waals surface area contributed by atoms with E-state index in [1.807, 2.05) is 5.38 Å². The molecule has 2 aromatic carbocycles. The number of hydrogen-bond acceptors (Lipinski definition) is 5. The molecule has 0 fully saturated rings. The zero-order valence-corrected chi connectivity index (χ0v) is 17.0. The third-order valence-corrected chi connectivity index (χ3v) is 5.62. The molecule has 4 rings (SSSR count). The van der Waals surface area contributed by atoms with E-state index in [0.717, 1.165) is 10.6 Å². The molecule has 4 aromatic rings. The molecule has 0 saturated carbocycles. The number of para-hydroxylation sites is 1. The molecule has 0 saturated heterocycles. The van der Waals surface area contributed by atoms with E-state index in [1.165, 1.54) is 23.0 Å². The molecule has 0 unspecified atom stereocenters. The Morgan fingerprint density at radius 1 is 1.14 bits per heavy atom. The molecule has 0 radical (unpaired) electrons. The van der Waals surface area contributed by atoms with Crippen molar-refractivity contribution in [3.05, 3.63) is 87.2 Å². The summed E-state index contributed by atoms with van der Waals surface area (Å²) in [7, 11) is 0. The Morgan fingerprint density at radius 3 is 2.66 bits per heavy atom. The predicted molar refractivity (Wildman–Crippen MR) is 115 cm³/mol. The van der Waals surface area contributed by atoms with Gasteiger partial charge in [-0.25, -0.2) is 9.78 Å². The number of carbonyl (C=O) groups is 1. The Balaban J connectivity index is 1.46. The Morgan fingerprint density at radius 2 is 1.90 bits per heavy atom. The number of benzene rings is 2. The van der Waals surface area contributed by atoms with Gasteiger partial charge in [0.1, 0.15) is 17.3 Å². The summed E-state index contributed by atoms with van der Waals surface area (Å²) in [6.07, 6.45) is 0. The van der Waals surface area contributed by atoms with Crippen LogP contribution >= 0.6 is 11.3 Å². The second-order valence-corrected chi connectivity index (χ2v) is 7.95. The van der Waals surface area contributed by atoms with Crippen molar-refractivity contribution in [2.75, 3.05) is 0 Å². The number of rotatable bonds is 5. The van der Waals surface area contributed by atoms with Crippen LogP contribution in [0.15, 0.2) is 64.8 Å². The van der Waals surface area contributed by atoms with Crippen LogP contribution in [0.3, 0.4) is 0 Å². The quantitative estimate of drug-likeness (QED) is 0.468. The molecule has 2 heterocycles. The molecule has 0 amide bonds. The van der Waals surface area contributed by atoms with Crippen molar-refractivity contribution < 1.29 is 9.53 Å². The van der Waals surface area contributed by atoms with Crippen molar-refractivity contribution >= 4 is 28.2 Å². The Hall–Kier alpha value is -3.25. The van der Waals surface area contributed by atoms with E-state index >= 15 is 0 Å². The fourth-order valence-corrected chi connectivity index (χ4v) is 3.85. The van der Waals surface area contributed by atoms with Crippen molar-refractivity contribution in [1.82, 2.24) is 9.97 Å². The fraction of sp³-hybridized carbons (Fsp3) is 0.174. The number of nitrogens with zero attached hydrogens (tertiary/aromatic N) is 1. The lowest BCUT2D eigenvalue weighted by Gasteiger charge is -2.05. The van der Waals surface area contributed by atoms with Crippen molar-refractivity contribution in [3.63, 3.8) is 0 Å². The van der Waals surface area contributed by atoms with Crippen LogP contribution in [0.1, 0.15) is 41.5 Å². The van der Waals surface area contributed by atoms with Gasteiger partial charge in [0, 0.05) is 27.9 Å². The molecule has 0 aliphatic rings. The molecular formula is C23H20N2O3S. The molecular weight excluding hydrogens is 384 g/mol. The van der Waals surface area contributed by atoms with Crippen LogP contribution in [-0.4, -0.2) is 15.9 Å². The zero-order valence-electron chi connectivity index (χ0n) is 16.1. The lowest BCUT2D eigenvalue weighted by molar-refractivity contribution is 0.0462. The maximum absolute atomic E-state index is 12.4. The summed E-state index contributed by atoms with van der Waals surface area (Å²) in [5.74, 6) is -0.0967. The van der Waals surface area contributed by atoms with Crippen molar-refractivity contribution in [3.8, 4) is 10.6 Å². The van der Waals surface area contributed by atoms with Crippen LogP contribution in [0, 0.1) is 0 Å². The molecule has 146 valence electrons. The van der Waals surface area contributed by atoms with Gasteiger partial charge in [-0.1, -0.05) is 50.2 Å².